The second-order valence-electron chi connectivity index (χ2n) is 12.2. The summed E-state index contributed by atoms with van der Waals surface area (Å²) in [6.07, 6.45) is 0. The maximum Gasteiger partial charge on any atom is 0.361 e. The molecule has 0 unspecified atom stereocenters. The standard InChI is InChI=1S/C24H19O2.C23H17O.2C2H4N/c1-25-22-14-12-20(13-15-22)24-17-21(18-8-4-2-5-9-18)16-23(26-24)19-10-6-3-7-11-19;1-4-10-18(11-5-1)21-16-22(19-12-6-2-7-13-19)24-23(17-21)20-14-8-3-9-15-20;2*1-3-2/h2-17H,1H3;1-17H;2*1H,2H3/q4*+1. The predicted octanol–water partition coefficient (Wildman–Crippen LogP) is 14.3. The summed E-state index contributed by atoms with van der Waals surface area (Å²) in [6.45, 7) is 8.94. The quantitative estimate of drug-likeness (QED) is 0.153. The summed E-state index contributed by atoms with van der Waals surface area (Å²) in [5.74, 6) is 4.24. The molecule has 0 aliphatic heterocycles. The molecule has 6 aromatic carbocycles. The Balaban J connectivity index is 0.000000189. The summed E-state index contributed by atoms with van der Waals surface area (Å²) < 4.78 is 17.7. The lowest BCUT2D eigenvalue weighted by atomic mass is 10.0. The van der Waals surface area contributed by atoms with Crippen molar-refractivity contribution in [2.45, 2.75) is 0 Å². The fraction of sp³-hybridized carbons (Fsp3) is 0.0588. The molecule has 0 aliphatic carbocycles. The molecule has 56 heavy (non-hydrogen) atoms. The van der Waals surface area contributed by atoms with Gasteiger partial charge in [-0.2, -0.15) is 0 Å². The maximum absolute atomic E-state index is 6.24. The van der Waals surface area contributed by atoms with Crippen LogP contribution in [0.4, 0.5) is 0 Å². The van der Waals surface area contributed by atoms with Gasteiger partial charge in [0.25, 0.3) is 27.2 Å². The first kappa shape index (κ1) is 39.6. The number of hydrogen-bond donors (Lipinski definition) is 0. The van der Waals surface area contributed by atoms with Crippen LogP contribution < -0.4 is 4.74 Å². The van der Waals surface area contributed by atoms with Gasteiger partial charge in [-0.3, -0.25) is 0 Å². The van der Waals surface area contributed by atoms with Crippen LogP contribution in [-0.2, 0) is 0 Å². The lowest BCUT2D eigenvalue weighted by molar-refractivity contribution is 0.415. The molecule has 272 valence electrons. The van der Waals surface area contributed by atoms with Crippen molar-refractivity contribution >= 4 is 0 Å². The minimum atomic E-state index is 0.827. The molecule has 5 heteroatoms. The van der Waals surface area contributed by atoms with Gasteiger partial charge in [-0.25, -0.2) is 8.83 Å². The first-order chi connectivity index (χ1) is 27.6. The van der Waals surface area contributed by atoms with Crippen LogP contribution >= 0.6 is 0 Å². The number of hydrogen-bond acceptors (Lipinski definition) is 1. The zero-order valence-electron chi connectivity index (χ0n) is 31.8. The molecule has 8 aromatic rings. The molecule has 0 saturated heterocycles. The van der Waals surface area contributed by atoms with Crippen LogP contribution in [0.2, 0.25) is 0 Å². The number of ether oxygens (including phenoxy) is 1. The second-order valence-corrected chi connectivity index (χ2v) is 12.2. The molecule has 0 N–H and O–H groups in total. The average Bonchev–Trinajstić information content (AvgIpc) is 3.28. The Morgan fingerprint density at radius 3 is 0.821 bits per heavy atom. The summed E-state index contributed by atoms with van der Waals surface area (Å²) in [5.41, 5.74) is 8.85. The highest BCUT2D eigenvalue weighted by atomic mass is 16.5. The van der Waals surface area contributed by atoms with E-state index in [1.54, 1.807) is 7.11 Å². The van der Waals surface area contributed by atoms with Gasteiger partial charge in [0.2, 0.25) is 0 Å². The third kappa shape index (κ3) is 11.2. The molecule has 8 rings (SSSR count). The smallest absolute Gasteiger partial charge is 0.361 e. The Labute approximate surface area is 330 Å². The Bertz CT molecular complexity index is 2250. The molecule has 2 heterocycles. The van der Waals surface area contributed by atoms with Crippen LogP contribution in [-0.4, -0.2) is 21.2 Å². The Kier molecular flexibility index (Phi) is 15.0. The van der Waals surface area contributed by atoms with Gasteiger partial charge in [0.05, 0.1) is 53.6 Å². The van der Waals surface area contributed by atoms with Crippen molar-refractivity contribution in [3.05, 3.63) is 210 Å². The number of methoxy groups -OCH3 is 1. The molecule has 0 radical (unpaired) electrons. The highest BCUT2D eigenvalue weighted by Gasteiger charge is 2.21. The van der Waals surface area contributed by atoms with Crippen LogP contribution in [0, 0.1) is 13.1 Å². The van der Waals surface area contributed by atoms with Gasteiger partial charge in [0.1, 0.15) is 5.75 Å². The molecular formula is C51H44N2O3+4. The van der Waals surface area contributed by atoms with Gasteiger partial charge in [-0.05, 0) is 71.8 Å². The van der Waals surface area contributed by atoms with Gasteiger partial charge in [0, 0.05) is 11.1 Å². The maximum atomic E-state index is 6.24. The third-order valence-electron chi connectivity index (χ3n) is 8.35. The lowest BCUT2D eigenvalue weighted by Gasteiger charge is -2.03. The van der Waals surface area contributed by atoms with E-state index in [4.69, 9.17) is 13.6 Å². The second kappa shape index (κ2) is 21.2. The zero-order chi connectivity index (χ0) is 39.4. The first-order valence-electron chi connectivity index (χ1n) is 18.0. The molecule has 0 aliphatic rings. The van der Waals surface area contributed by atoms with Crippen molar-refractivity contribution in [1.82, 2.24) is 0 Å². The van der Waals surface area contributed by atoms with E-state index >= 15 is 0 Å². The molecule has 5 nitrogen and oxygen atoms in total. The molecule has 0 spiro atoms. The van der Waals surface area contributed by atoms with Crippen LogP contribution in [0.5, 0.6) is 5.75 Å². The fourth-order valence-corrected chi connectivity index (χ4v) is 5.73. The van der Waals surface area contributed by atoms with Gasteiger partial charge in [-0.15, -0.1) is 0 Å². The molecule has 2 aromatic heterocycles. The Morgan fingerprint density at radius 1 is 0.339 bits per heavy atom. The summed E-state index contributed by atoms with van der Waals surface area (Å²) in [4.78, 5) is 6.00. The van der Waals surface area contributed by atoms with Crippen molar-refractivity contribution in [2.24, 2.45) is 0 Å². The van der Waals surface area contributed by atoms with E-state index in [2.05, 4.69) is 132 Å². The topological polar surface area (TPSA) is 40.6 Å². The molecule has 0 fully saturated rings. The van der Waals surface area contributed by atoms with Crippen LogP contribution in [0.15, 0.2) is 209 Å². The van der Waals surface area contributed by atoms with Crippen molar-refractivity contribution in [1.29, 1.82) is 0 Å². The van der Waals surface area contributed by atoms with Gasteiger partial charge >= 0.3 is 23.0 Å². The molecule has 0 bridgehead atoms. The molecular weight excluding hydrogens is 689 g/mol. The summed E-state index contributed by atoms with van der Waals surface area (Å²) in [5, 5.41) is 0. The number of nitrogens with zero attached hydrogens (tertiary/aromatic N) is 2. The fourth-order valence-electron chi connectivity index (χ4n) is 5.73. The van der Waals surface area contributed by atoms with Crippen molar-refractivity contribution in [2.75, 3.05) is 21.2 Å². The van der Waals surface area contributed by atoms with E-state index in [0.29, 0.717) is 0 Å². The van der Waals surface area contributed by atoms with Gasteiger partial charge < -0.3 is 4.74 Å². The summed E-state index contributed by atoms with van der Waals surface area (Å²) >= 11 is 0. The first-order valence-corrected chi connectivity index (χ1v) is 18.0. The number of benzene rings is 6. The summed E-state index contributed by atoms with van der Waals surface area (Å²) in [6, 6.07) is 67.7. The largest absolute Gasteiger partial charge is 0.497 e. The van der Waals surface area contributed by atoms with Crippen LogP contribution in [0.3, 0.4) is 0 Å². The lowest BCUT2D eigenvalue weighted by Crippen LogP contribution is -1.87. The van der Waals surface area contributed by atoms with E-state index in [9.17, 15) is 0 Å². The van der Waals surface area contributed by atoms with E-state index in [-0.39, 0.29) is 0 Å². The summed E-state index contributed by atoms with van der Waals surface area (Å²) in [7, 11) is 4.73. The minimum Gasteiger partial charge on any atom is -0.497 e. The van der Waals surface area contributed by atoms with Crippen LogP contribution in [0.1, 0.15) is 0 Å². The predicted molar refractivity (Wildman–Crippen MR) is 234 cm³/mol. The van der Waals surface area contributed by atoms with E-state index in [0.717, 1.165) is 67.7 Å². The highest BCUT2D eigenvalue weighted by molar-refractivity contribution is 5.76. The number of rotatable bonds is 7. The van der Waals surface area contributed by atoms with Crippen molar-refractivity contribution in [3.63, 3.8) is 0 Å². The van der Waals surface area contributed by atoms with Crippen molar-refractivity contribution < 1.29 is 13.6 Å². The zero-order valence-corrected chi connectivity index (χ0v) is 31.8. The van der Waals surface area contributed by atoms with E-state index < -0.39 is 0 Å². The highest BCUT2D eigenvalue weighted by Crippen LogP contribution is 2.34. The SMILES string of the molecule is C#[N+]C.C#[N+]C.COc1ccc(-c2cc(-c3ccccc3)cc(-c3ccccc3)[o+]2)cc1.c1ccc(-c2cc(-c3ccccc3)[o+]c(-c3ccccc3)c2)cc1. The molecule has 0 saturated carbocycles. The Morgan fingerprint density at radius 2 is 0.571 bits per heavy atom. The monoisotopic (exact) mass is 732 g/mol. The average molecular weight is 733 g/mol. The van der Waals surface area contributed by atoms with E-state index in [1.807, 2.05) is 91.0 Å². The van der Waals surface area contributed by atoms with Gasteiger partial charge in [-0.1, -0.05) is 125 Å². The third-order valence-corrected chi connectivity index (χ3v) is 8.35. The molecule has 0 atom stereocenters. The Hall–Kier alpha value is -7.60. The van der Waals surface area contributed by atoms with Crippen molar-refractivity contribution in [3.8, 4) is 86.4 Å². The molecule has 0 amide bonds. The minimum absolute atomic E-state index is 0.827. The van der Waals surface area contributed by atoms with Gasteiger partial charge in [0.15, 0.2) is 0 Å². The normalized spacial score (nSPS) is 9.66. The van der Waals surface area contributed by atoms with Crippen LogP contribution in [0.25, 0.3) is 77.2 Å². The van der Waals surface area contributed by atoms with E-state index in [1.165, 1.54) is 19.7 Å².